The van der Waals surface area contributed by atoms with Crippen LogP contribution in [0.15, 0.2) is 21.6 Å². The maximum Gasteiger partial charge on any atom is 0.141 e. The summed E-state index contributed by atoms with van der Waals surface area (Å²) < 4.78 is 5.17. The number of aromatic nitrogens is 1. The van der Waals surface area contributed by atoms with Crippen LogP contribution in [0.25, 0.3) is 11.1 Å². The summed E-state index contributed by atoms with van der Waals surface area (Å²) in [6, 6.07) is 3.87. The normalized spacial score (nSPS) is 11.3. The molecule has 0 radical (unpaired) electrons. The largest absolute Gasteiger partial charge is 0.397 e. The number of hydrogen-bond donors (Lipinski definition) is 2. The third-order valence-corrected chi connectivity index (χ3v) is 2.86. The molecule has 1 aromatic carbocycles. The zero-order valence-corrected chi connectivity index (χ0v) is 10.7. The van der Waals surface area contributed by atoms with Crippen molar-refractivity contribution in [1.29, 1.82) is 0 Å². The van der Waals surface area contributed by atoms with Gasteiger partial charge in [-0.25, -0.2) is 4.99 Å². The molecule has 2 aromatic rings. The second kappa shape index (κ2) is 4.52. The molecule has 0 saturated carbocycles. The average Bonchev–Trinajstić information content (AvgIpc) is 2.63. The van der Waals surface area contributed by atoms with Gasteiger partial charge in [-0.3, -0.25) is 0 Å². The van der Waals surface area contributed by atoms with E-state index in [1.807, 2.05) is 32.9 Å². The SMILES string of the molecule is Cc1cc(-c2c(C)noc2C)cc(N)c1N=CN. The van der Waals surface area contributed by atoms with E-state index in [9.17, 15) is 0 Å². The van der Waals surface area contributed by atoms with Gasteiger partial charge in [-0.2, -0.15) is 0 Å². The first-order valence-electron chi connectivity index (χ1n) is 5.62. The summed E-state index contributed by atoms with van der Waals surface area (Å²) in [7, 11) is 0. The van der Waals surface area contributed by atoms with Gasteiger partial charge in [0.2, 0.25) is 0 Å². The molecule has 0 amide bonds. The Labute approximate surface area is 105 Å². The molecule has 0 fully saturated rings. The molecular weight excluding hydrogens is 228 g/mol. The second-order valence-electron chi connectivity index (χ2n) is 4.21. The van der Waals surface area contributed by atoms with Gasteiger partial charge in [0.15, 0.2) is 0 Å². The zero-order chi connectivity index (χ0) is 13.3. The van der Waals surface area contributed by atoms with Crippen molar-refractivity contribution in [2.75, 3.05) is 5.73 Å². The van der Waals surface area contributed by atoms with Crippen molar-refractivity contribution in [3.63, 3.8) is 0 Å². The van der Waals surface area contributed by atoms with Crippen LogP contribution in [0.1, 0.15) is 17.0 Å². The zero-order valence-electron chi connectivity index (χ0n) is 10.7. The van der Waals surface area contributed by atoms with Crippen molar-refractivity contribution in [2.45, 2.75) is 20.8 Å². The monoisotopic (exact) mass is 244 g/mol. The van der Waals surface area contributed by atoms with Crippen LogP contribution in [0.5, 0.6) is 0 Å². The quantitative estimate of drug-likeness (QED) is 0.482. The highest BCUT2D eigenvalue weighted by atomic mass is 16.5. The van der Waals surface area contributed by atoms with Gasteiger partial charge >= 0.3 is 0 Å². The third-order valence-electron chi connectivity index (χ3n) is 2.86. The van der Waals surface area contributed by atoms with Crippen LogP contribution in [0.2, 0.25) is 0 Å². The molecule has 2 rings (SSSR count). The highest BCUT2D eigenvalue weighted by Crippen LogP contribution is 2.34. The van der Waals surface area contributed by atoms with E-state index in [4.69, 9.17) is 16.0 Å². The lowest BCUT2D eigenvalue weighted by Crippen LogP contribution is -1.94. The third kappa shape index (κ3) is 1.95. The van der Waals surface area contributed by atoms with E-state index in [0.29, 0.717) is 11.4 Å². The summed E-state index contributed by atoms with van der Waals surface area (Å²) in [4.78, 5) is 4.06. The molecule has 0 aliphatic carbocycles. The predicted octanol–water partition coefficient (Wildman–Crippen LogP) is 2.47. The number of aryl methyl sites for hydroxylation is 3. The first kappa shape index (κ1) is 12.2. The standard InChI is InChI=1S/C13H16N4O/c1-7-4-10(5-11(15)13(7)16-6-14)12-8(2)17-18-9(12)3/h4-6H,15H2,1-3H3,(H2,14,16). The summed E-state index contributed by atoms with van der Waals surface area (Å²) in [6.45, 7) is 5.73. The fourth-order valence-corrected chi connectivity index (χ4v) is 2.10. The number of nitrogens with two attached hydrogens (primary N) is 2. The Hall–Kier alpha value is -2.30. The van der Waals surface area contributed by atoms with E-state index >= 15 is 0 Å². The molecule has 18 heavy (non-hydrogen) atoms. The molecular formula is C13H16N4O. The summed E-state index contributed by atoms with van der Waals surface area (Å²) >= 11 is 0. The van der Waals surface area contributed by atoms with Crippen molar-refractivity contribution >= 4 is 17.7 Å². The van der Waals surface area contributed by atoms with Gasteiger partial charge in [0, 0.05) is 5.56 Å². The number of hydrogen-bond acceptors (Lipinski definition) is 4. The molecule has 94 valence electrons. The number of aliphatic imine (C=N–C) groups is 1. The first-order chi connectivity index (χ1) is 8.54. The van der Waals surface area contributed by atoms with Gasteiger partial charge in [-0.15, -0.1) is 0 Å². The maximum atomic E-state index is 5.99. The van der Waals surface area contributed by atoms with Gasteiger partial charge in [-0.1, -0.05) is 5.16 Å². The second-order valence-corrected chi connectivity index (χ2v) is 4.21. The Morgan fingerprint density at radius 1 is 1.28 bits per heavy atom. The predicted molar refractivity (Wildman–Crippen MR) is 72.9 cm³/mol. The highest BCUT2D eigenvalue weighted by molar-refractivity contribution is 5.80. The van der Waals surface area contributed by atoms with Gasteiger partial charge in [-0.05, 0) is 44.0 Å². The molecule has 4 N–H and O–H groups in total. The summed E-state index contributed by atoms with van der Waals surface area (Å²) in [6.07, 6.45) is 1.24. The van der Waals surface area contributed by atoms with Crippen molar-refractivity contribution in [3.05, 3.63) is 29.2 Å². The lowest BCUT2D eigenvalue weighted by Gasteiger charge is -2.08. The molecule has 0 bridgehead atoms. The van der Waals surface area contributed by atoms with E-state index in [1.54, 1.807) is 0 Å². The van der Waals surface area contributed by atoms with Crippen LogP contribution in [-0.4, -0.2) is 11.5 Å². The van der Waals surface area contributed by atoms with E-state index in [0.717, 1.165) is 28.1 Å². The molecule has 0 spiro atoms. The van der Waals surface area contributed by atoms with Crippen molar-refractivity contribution in [1.82, 2.24) is 5.16 Å². The Kier molecular flexibility index (Phi) is 3.06. The summed E-state index contributed by atoms with van der Waals surface area (Å²) in [5.41, 5.74) is 16.4. The Morgan fingerprint density at radius 3 is 2.50 bits per heavy atom. The molecule has 5 heteroatoms. The fraction of sp³-hybridized carbons (Fsp3) is 0.231. The van der Waals surface area contributed by atoms with Crippen molar-refractivity contribution < 1.29 is 4.52 Å². The minimum absolute atomic E-state index is 0.590. The Morgan fingerprint density at radius 2 is 2.00 bits per heavy atom. The molecule has 1 aromatic heterocycles. The number of nitrogen functional groups attached to an aromatic ring is 1. The number of anilines is 1. The molecule has 0 saturated heterocycles. The van der Waals surface area contributed by atoms with E-state index in [2.05, 4.69) is 10.1 Å². The van der Waals surface area contributed by atoms with Gasteiger partial charge in [0.25, 0.3) is 0 Å². The van der Waals surface area contributed by atoms with Crippen LogP contribution in [0, 0.1) is 20.8 Å². The Balaban J connectivity index is 2.62. The fourth-order valence-electron chi connectivity index (χ4n) is 2.10. The average molecular weight is 244 g/mol. The summed E-state index contributed by atoms with van der Waals surface area (Å²) in [5, 5.41) is 3.95. The van der Waals surface area contributed by atoms with E-state index in [-0.39, 0.29) is 0 Å². The van der Waals surface area contributed by atoms with Crippen LogP contribution in [0.3, 0.4) is 0 Å². The molecule has 1 heterocycles. The molecule has 0 unspecified atom stereocenters. The van der Waals surface area contributed by atoms with Crippen molar-refractivity contribution in [3.8, 4) is 11.1 Å². The number of rotatable bonds is 2. The first-order valence-corrected chi connectivity index (χ1v) is 5.62. The molecule has 0 atom stereocenters. The molecule has 0 aliphatic rings. The van der Waals surface area contributed by atoms with Crippen molar-refractivity contribution in [2.24, 2.45) is 10.7 Å². The maximum absolute atomic E-state index is 5.99. The minimum atomic E-state index is 0.590. The topological polar surface area (TPSA) is 90.4 Å². The molecule has 0 aliphatic heterocycles. The van der Waals surface area contributed by atoms with Crippen LogP contribution < -0.4 is 11.5 Å². The van der Waals surface area contributed by atoms with Gasteiger partial charge in [0.05, 0.1) is 23.4 Å². The van der Waals surface area contributed by atoms with Crippen LogP contribution in [-0.2, 0) is 0 Å². The lowest BCUT2D eigenvalue weighted by atomic mass is 10.00. The summed E-state index contributed by atoms with van der Waals surface area (Å²) in [5.74, 6) is 0.779. The number of benzene rings is 1. The molecule has 5 nitrogen and oxygen atoms in total. The highest BCUT2D eigenvalue weighted by Gasteiger charge is 2.14. The smallest absolute Gasteiger partial charge is 0.141 e. The lowest BCUT2D eigenvalue weighted by molar-refractivity contribution is 0.393. The van der Waals surface area contributed by atoms with Gasteiger partial charge < -0.3 is 16.0 Å². The van der Waals surface area contributed by atoms with Crippen LogP contribution >= 0.6 is 0 Å². The Bertz CT molecular complexity index is 571. The van der Waals surface area contributed by atoms with E-state index < -0.39 is 0 Å². The number of nitrogens with zero attached hydrogens (tertiary/aromatic N) is 2. The van der Waals surface area contributed by atoms with Gasteiger partial charge in [0.1, 0.15) is 5.76 Å². The minimum Gasteiger partial charge on any atom is -0.397 e. The van der Waals surface area contributed by atoms with Crippen LogP contribution in [0.4, 0.5) is 11.4 Å². The van der Waals surface area contributed by atoms with E-state index in [1.165, 1.54) is 6.34 Å².